The van der Waals surface area contributed by atoms with Gasteiger partial charge in [-0.1, -0.05) is 60.7 Å². The first kappa shape index (κ1) is 27.4. The number of ether oxygens (including phenoxy) is 2. The van der Waals surface area contributed by atoms with Crippen LogP contribution in [0.2, 0.25) is 0 Å². The van der Waals surface area contributed by atoms with E-state index in [0.717, 1.165) is 34.3 Å². The Balaban J connectivity index is 1.20. The van der Waals surface area contributed by atoms with E-state index in [4.69, 9.17) is 9.47 Å². The molecular formula is C33H29N3O5S. The van der Waals surface area contributed by atoms with Crippen LogP contribution in [0.3, 0.4) is 0 Å². The Morgan fingerprint density at radius 3 is 2.50 bits per heavy atom. The van der Waals surface area contributed by atoms with Crippen molar-refractivity contribution in [3.8, 4) is 11.4 Å². The van der Waals surface area contributed by atoms with Crippen molar-refractivity contribution in [1.29, 1.82) is 0 Å². The molecule has 2 N–H and O–H groups in total. The lowest BCUT2D eigenvalue weighted by atomic mass is 9.83. The molecule has 42 heavy (non-hydrogen) atoms. The number of amides is 1. The first-order valence-corrected chi connectivity index (χ1v) is 14.6. The number of aromatic amines is 1. The molecule has 5 aromatic rings. The van der Waals surface area contributed by atoms with Crippen molar-refractivity contribution in [1.82, 2.24) is 9.97 Å². The molecule has 0 fully saturated rings. The quantitative estimate of drug-likeness (QED) is 0.212. The van der Waals surface area contributed by atoms with Gasteiger partial charge in [0.25, 0.3) is 5.91 Å². The standard InChI is InChI=1S/C33H29N3O5S/c1-19(41-32(38)23-13-7-6-12-22(23)29-34-25-14-8-9-15-26(25)35-29)30(37)36-31-28(33(39)40-2)24-17-16-21(18-27(24)42-31)20-10-4-3-5-11-20/h3-15,19,21H,16-18H2,1-2H3,(H,34,35)(H,36,37). The van der Waals surface area contributed by atoms with Crippen LogP contribution in [0, 0.1) is 0 Å². The number of methoxy groups -OCH3 is 1. The zero-order chi connectivity index (χ0) is 29.2. The number of nitrogens with zero attached hydrogens (tertiary/aromatic N) is 1. The molecule has 2 atom stereocenters. The van der Waals surface area contributed by atoms with Gasteiger partial charge in [-0.25, -0.2) is 14.6 Å². The normalized spacial score (nSPS) is 15.0. The highest BCUT2D eigenvalue weighted by molar-refractivity contribution is 7.17. The van der Waals surface area contributed by atoms with Crippen LogP contribution >= 0.6 is 11.3 Å². The van der Waals surface area contributed by atoms with Crippen molar-refractivity contribution in [3.05, 3.63) is 106 Å². The van der Waals surface area contributed by atoms with E-state index in [9.17, 15) is 14.4 Å². The molecule has 1 aliphatic carbocycles. The van der Waals surface area contributed by atoms with E-state index in [0.29, 0.717) is 34.3 Å². The topological polar surface area (TPSA) is 110 Å². The molecule has 2 aromatic heterocycles. The number of thiophene rings is 1. The van der Waals surface area contributed by atoms with Crippen LogP contribution in [0.1, 0.15) is 56.0 Å². The fourth-order valence-corrected chi connectivity index (χ4v) is 6.76. The largest absolute Gasteiger partial charge is 0.465 e. The summed E-state index contributed by atoms with van der Waals surface area (Å²) in [6.45, 7) is 1.51. The first-order chi connectivity index (χ1) is 20.4. The molecule has 0 spiro atoms. The van der Waals surface area contributed by atoms with Gasteiger partial charge in [0.2, 0.25) is 0 Å². The Hall–Kier alpha value is -4.76. The number of imidazole rings is 1. The zero-order valence-electron chi connectivity index (χ0n) is 23.2. The maximum Gasteiger partial charge on any atom is 0.341 e. The molecule has 1 aliphatic rings. The second-order valence-corrected chi connectivity index (χ2v) is 11.3. The molecular weight excluding hydrogens is 550 g/mol. The van der Waals surface area contributed by atoms with Gasteiger partial charge in [0, 0.05) is 10.4 Å². The molecule has 3 aromatic carbocycles. The van der Waals surface area contributed by atoms with E-state index in [1.807, 2.05) is 48.5 Å². The van der Waals surface area contributed by atoms with E-state index < -0.39 is 23.9 Å². The number of anilines is 1. The van der Waals surface area contributed by atoms with Crippen LogP contribution in [0.15, 0.2) is 78.9 Å². The summed E-state index contributed by atoms with van der Waals surface area (Å²) in [5.41, 5.74) is 5.02. The van der Waals surface area contributed by atoms with Crippen molar-refractivity contribution in [2.45, 2.75) is 38.2 Å². The maximum atomic E-state index is 13.3. The highest BCUT2D eigenvalue weighted by Crippen LogP contribution is 2.43. The second-order valence-electron chi connectivity index (χ2n) is 10.2. The number of para-hydroxylation sites is 2. The van der Waals surface area contributed by atoms with Gasteiger partial charge < -0.3 is 19.8 Å². The molecule has 0 bridgehead atoms. The smallest absolute Gasteiger partial charge is 0.341 e. The van der Waals surface area contributed by atoms with E-state index in [1.165, 1.54) is 30.9 Å². The summed E-state index contributed by atoms with van der Waals surface area (Å²) >= 11 is 1.38. The van der Waals surface area contributed by atoms with Gasteiger partial charge in [0.05, 0.1) is 29.3 Å². The fraction of sp³-hybridized carbons (Fsp3) is 0.212. The van der Waals surface area contributed by atoms with E-state index in [-0.39, 0.29) is 5.56 Å². The number of H-pyrrole nitrogens is 1. The maximum absolute atomic E-state index is 13.3. The predicted molar refractivity (Wildman–Crippen MR) is 162 cm³/mol. The molecule has 212 valence electrons. The van der Waals surface area contributed by atoms with Crippen LogP contribution in [-0.2, 0) is 27.1 Å². The van der Waals surface area contributed by atoms with Gasteiger partial charge in [0.1, 0.15) is 10.8 Å². The number of carbonyl (C=O) groups excluding carboxylic acids is 3. The van der Waals surface area contributed by atoms with Crippen LogP contribution < -0.4 is 5.32 Å². The minimum absolute atomic E-state index is 0.282. The molecule has 1 amide bonds. The molecule has 0 radical (unpaired) electrons. The van der Waals surface area contributed by atoms with Gasteiger partial charge >= 0.3 is 11.9 Å². The van der Waals surface area contributed by atoms with Crippen LogP contribution in [0.4, 0.5) is 5.00 Å². The van der Waals surface area contributed by atoms with Gasteiger partial charge in [-0.05, 0) is 61.4 Å². The predicted octanol–water partition coefficient (Wildman–Crippen LogP) is 6.53. The van der Waals surface area contributed by atoms with Gasteiger partial charge in [-0.3, -0.25) is 4.79 Å². The van der Waals surface area contributed by atoms with Crippen molar-refractivity contribution in [2.75, 3.05) is 12.4 Å². The lowest BCUT2D eigenvalue weighted by Crippen LogP contribution is -2.30. The Morgan fingerprint density at radius 1 is 0.976 bits per heavy atom. The number of esters is 2. The lowest BCUT2D eigenvalue weighted by molar-refractivity contribution is -0.123. The van der Waals surface area contributed by atoms with E-state index >= 15 is 0 Å². The highest BCUT2D eigenvalue weighted by Gasteiger charge is 2.32. The van der Waals surface area contributed by atoms with E-state index in [2.05, 4.69) is 27.4 Å². The number of fused-ring (bicyclic) bond motifs is 2. The number of hydrogen-bond donors (Lipinski definition) is 2. The molecule has 0 saturated heterocycles. The Labute approximate surface area is 246 Å². The van der Waals surface area contributed by atoms with Gasteiger partial charge in [-0.2, -0.15) is 0 Å². The Kier molecular flexibility index (Phi) is 7.58. The third-order valence-corrected chi connectivity index (χ3v) is 8.78. The third-order valence-electron chi connectivity index (χ3n) is 7.61. The number of hydrogen-bond acceptors (Lipinski definition) is 7. The number of nitrogens with one attached hydrogen (secondary N) is 2. The fourth-order valence-electron chi connectivity index (χ4n) is 5.44. The monoisotopic (exact) mass is 579 g/mol. The number of benzene rings is 3. The lowest BCUT2D eigenvalue weighted by Gasteiger charge is -2.22. The van der Waals surface area contributed by atoms with Gasteiger partial charge in [-0.15, -0.1) is 11.3 Å². The summed E-state index contributed by atoms with van der Waals surface area (Å²) in [7, 11) is 1.33. The zero-order valence-corrected chi connectivity index (χ0v) is 24.0. The average molecular weight is 580 g/mol. The number of rotatable bonds is 7. The highest BCUT2D eigenvalue weighted by atomic mass is 32.1. The summed E-state index contributed by atoms with van der Waals surface area (Å²) < 4.78 is 10.7. The minimum atomic E-state index is -1.12. The molecule has 8 nitrogen and oxygen atoms in total. The number of carbonyl (C=O) groups is 3. The molecule has 6 rings (SSSR count). The minimum Gasteiger partial charge on any atom is -0.465 e. The van der Waals surface area contributed by atoms with Crippen molar-refractivity contribution >= 4 is 45.2 Å². The first-order valence-electron chi connectivity index (χ1n) is 13.8. The summed E-state index contributed by atoms with van der Waals surface area (Å²) in [6, 6.07) is 24.9. The van der Waals surface area contributed by atoms with Crippen LogP contribution in [-0.4, -0.2) is 41.0 Å². The SMILES string of the molecule is COC(=O)c1c(NC(=O)C(C)OC(=O)c2ccccc2-c2nc3ccccc3[nH]2)sc2c1CCC(c1ccccc1)C2. The summed E-state index contributed by atoms with van der Waals surface area (Å²) in [6.07, 6.45) is 1.24. The van der Waals surface area contributed by atoms with Crippen LogP contribution in [0.25, 0.3) is 22.4 Å². The molecule has 2 heterocycles. The average Bonchev–Trinajstić information content (AvgIpc) is 3.62. The molecule has 0 aliphatic heterocycles. The summed E-state index contributed by atoms with van der Waals surface area (Å²) in [4.78, 5) is 48.2. The summed E-state index contributed by atoms with van der Waals surface area (Å²) in [5, 5.41) is 3.25. The van der Waals surface area contributed by atoms with Crippen molar-refractivity contribution < 1.29 is 23.9 Å². The Bertz CT molecular complexity index is 1760. The molecule has 2 unspecified atom stereocenters. The summed E-state index contributed by atoms with van der Waals surface area (Å²) in [5.74, 6) is -0.823. The Morgan fingerprint density at radius 2 is 1.71 bits per heavy atom. The van der Waals surface area contributed by atoms with Gasteiger partial charge in [0.15, 0.2) is 6.10 Å². The van der Waals surface area contributed by atoms with Crippen molar-refractivity contribution in [3.63, 3.8) is 0 Å². The van der Waals surface area contributed by atoms with Crippen molar-refractivity contribution in [2.24, 2.45) is 0 Å². The molecule has 0 saturated carbocycles. The van der Waals surface area contributed by atoms with E-state index in [1.54, 1.807) is 18.2 Å². The number of aromatic nitrogens is 2. The second kappa shape index (κ2) is 11.6. The molecule has 9 heteroatoms. The third kappa shape index (κ3) is 5.31. The van der Waals surface area contributed by atoms with Crippen LogP contribution in [0.5, 0.6) is 0 Å².